The van der Waals surface area contributed by atoms with Crippen molar-refractivity contribution in [1.82, 2.24) is 19.7 Å². The Balaban J connectivity index is 2.01. The zero-order valence-electron chi connectivity index (χ0n) is 11.9. The van der Waals surface area contributed by atoms with E-state index in [0.717, 1.165) is 6.07 Å². The van der Waals surface area contributed by atoms with Gasteiger partial charge in [-0.05, 0) is 24.4 Å². The minimum atomic E-state index is -4.48. The number of thioether (sulfide) groups is 1. The number of hydrogen-bond donors (Lipinski definition) is 1. The van der Waals surface area contributed by atoms with E-state index in [-0.39, 0.29) is 0 Å². The molecule has 0 fully saturated rings. The maximum absolute atomic E-state index is 13.0. The molecular weight excluding hydrogens is 345 g/mol. The number of aromatic nitrogens is 4. The van der Waals surface area contributed by atoms with E-state index in [4.69, 9.17) is 12.2 Å². The van der Waals surface area contributed by atoms with E-state index >= 15 is 0 Å². The van der Waals surface area contributed by atoms with E-state index in [0.29, 0.717) is 32.1 Å². The number of benzene rings is 1. The van der Waals surface area contributed by atoms with Gasteiger partial charge in [0.2, 0.25) is 0 Å². The van der Waals surface area contributed by atoms with Crippen molar-refractivity contribution in [2.45, 2.75) is 16.8 Å². The topological polar surface area (TPSA) is 46.5 Å². The van der Waals surface area contributed by atoms with Crippen LogP contribution in [-0.2, 0) is 19.0 Å². The van der Waals surface area contributed by atoms with E-state index in [1.54, 1.807) is 35.9 Å². The van der Waals surface area contributed by atoms with Gasteiger partial charge in [0.25, 0.3) is 0 Å². The van der Waals surface area contributed by atoms with Crippen molar-refractivity contribution >= 4 is 34.9 Å². The summed E-state index contributed by atoms with van der Waals surface area (Å²) in [4.78, 5) is 4.21. The molecule has 2 aromatic heterocycles. The number of aromatic amines is 1. The Bertz CT molecular complexity index is 914. The summed E-state index contributed by atoms with van der Waals surface area (Å²) in [6.45, 7) is 0. The Morgan fingerprint density at radius 3 is 2.70 bits per heavy atom. The molecule has 0 radical (unpaired) electrons. The largest absolute Gasteiger partial charge is 0.433 e. The molecule has 23 heavy (non-hydrogen) atoms. The van der Waals surface area contributed by atoms with Crippen molar-refractivity contribution in [2.75, 3.05) is 0 Å². The van der Waals surface area contributed by atoms with Gasteiger partial charge in [-0.15, -0.1) is 11.8 Å². The molecule has 2 heterocycles. The van der Waals surface area contributed by atoms with Gasteiger partial charge >= 0.3 is 6.18 Å². The number of halogens is 3. The van der Waals surface area contributed by atoms with Crippen molar-refractivity contribution in [2.24, 2.45) is 7.05 Å². The van der Waals surface area contributed by atoms with Gasteiger partial charge < -0.3 is 4.57 Å². The highest BCUT2D eigenvalue weighted by Crippen LogP contribution is 2.35. The zero-order valence-corrected chi connectivity index (χ0v) is 13.5. The summed E-state index contributed by atoms with van der Waals surface area (Å²) in [6.07, 6.45) is -4.48. The molecule has 0 saturated carbocycles. The highest BCUT2D eigenvalue weighted by molar-refractivity contribution is 7.98. The minimum Gasteiger partial charge on any atom is -0.307 e. The number of pyridine rings is 1. The fraction of sp³-hybridized carbons (Fsp3) is 0.214. The van der Waals surface area contributed by atoms with Crippen LogP contribution in [0.1, 0.15) is 11.5 Å². The van der Waals surface area contributed by atoms with E-state index < -0.39 is 11.9 Å². The van der Waals surface area contributed by atoms with Crippen molar-refractivity contribution < 1.29 is 13.2 Å². The standard InChI is InChI=1S/C14H11F3N4S2/c1-21-12(19-20-13(21)22)7-23-10-6-11(14(15,16)17)18-9-5-3-2-4-8(9)10/h2-6H,7H2,1H3,(H,20,22). The Labute approximate surface area is 138 Å². The number of nitrogens with one attached hydrogen (secondary N) is 1. The molecule has 0 amide bonds. The Morgan fingerprint density at radius 1 is 1.30 bits per heavy atom. The molecular formula is C14H11F3N4S2. The predicted octanol–water partition coefficient (Wildman–Crippen LogP) is 4.34. The summed E-state index contributed by atoms with van der Waals surface area (Å²) in [5.41, 5.74) is -0.575. The molecule has 0 bridgehead atoms. The maximum Gasteiger partial charge on any atom is 0.433 e. The van der Waals surface area contributed by atoms with Crippen LogP contribution in [0.5, 0.6) is 0 Å². The third-order valence-corrected chi connectivity index (χ3v) is 4.71. The highest BCUT2D eigenvalue weighted by Gasteiger charge is 2.33. The van der Waals surface area contributed by atoms with Crippen LogP contribution in [0.15, 0.2) is 35.2 Å². The maximum atomic E-state index is 13.0. The smallest absolute Gasteiger partial charge is 0.307 e. The van der Waals surface area contributed by atoms with Crippen molar-refractivity contribution in [3.05, 3.63) is 46.6 Å². The summed E-state index contributed by atoms with van der Waals surface area (Å²) in [6, 6.07) is 7.85. The Hall–Kier alpha value is -1.87. The van der Waals surface area contributed by atoms with Gasteiger partial charge in [-0.3, -0.25) is 5.10 Å². The van der Waals surface area contributed by atoms with Crippen LogP contribution in [0, 0.1) is 4.77 Å². The molecule has 0 atom stereocenters. The van der Waals surface area contributed by atoms with Gasteiger partial charge in [-0.25, -0.2) is 4.98 Å². The number of para-hydroxylation sites is 1. The van der Waals surface area contributed by atoms with Crippen LogP contribution < -0.4 is 0 Å². The first-order valence-corrected chi connectivity index (χ1v) is 7.95. The lowest BCUT2D eigenvalue weighted by molar-refractivity contribution is -0.141. The molecule has 1 aromatic carbocycles. The second-order valence-electron chi connectivity index (χ2n) is 4.81. The molecule has 0 unspecified atom stereocenters. The first-order chi connectivity index (χ1) is 10.9. The lowest BCUT2D eigenvalue weighted by atomic mass is 10.2. The SMILES string of the molecule is Cn1c(CSc2cc(C(F)(F)F)nc3ccccc23)n[nH]c1=S. The van der Waals surface area contributed by atoms with Gasteiger partial charge in [0.1, 0.15) is 11.5 Å². The minimum absolute atomic E-state index is 0.320. The Kier molecular flexibility index (Phi) is 4.15. The van der Waals surface area contributed by atoms with Crippen molar-refractivity contribution in [3.8, 4) is 0 Å². The van der Waals surface area contributed by atoms with Gasteiger partial charge in [0.15, 0.2) is 4.77 Å². The van der Waals surface area contributed by atoms with Crippen molar-refractivity contribution in [1.29, 1.82) is 0 Å². The summed E-state index contributed by atoms with van der Waals surface area (Å²) in [5.74, 6) is 1.06. The molecule has 0 aliphatic carbocycles. The molecule has 0 aliphatic rings. The van der Waals surface area contributed by atoms with E-state index in [2.05, 4.69) is 15.2 Å². The molecule has 0 spiro atoms. The number of H-pyrrole nitrogens is 1. The van der Waals surface area contributed by atoms with Crippen LogP contribution >= 0.6 is 24.0 Å². The molecule has 1 N–H and O–H groups in total. The third-order valence-electron chi connectivity index (χ3n) is 3.30. The normalized spacial score (nSPS) is 12.0. The molecule has 120 valence electrons. The highest BCUT2D eigenvalue weighted by atomic mass is 32.2. The monoisotopic (exact) mass is 356 g/mol. The molecule has 0 aliphatic heterocycles. The second kappa shape index (κ2) is 5.97. The fourth-order valence-corrected chi connectivity index (χ4v) is 3.28. The summed E-state index contributed by atoms with van der Waals surface area (Å²) in [7, 11) is 1.76. The first kappa shape index (κ1) is 16.0. The summed E-state index contributed by atoms with van der Waals surface area (Å²) in [5, 5.41) is 7.41. The van der Waals surface area contributed by atoms with Crippen LogP contribution in [0.2, 0.25) is 0 Å². The molecule has 4 nitrogen and oxygen atoms in total. The van der Waals surface area contributed by atoms with E-state index in [1.807, 2.05) is 0 Å². The van der Waals surface area contributed by atoms with Gasteiger partial charge in [-0.2, -0.15) is 18.3 Å². The molecule has 3 aromatic rings. The number of fused-ring (bicyclic) bond motifs is 1. The number of alkyl halides is 3. The van der Waals surface area contributed by atoms with Gasteiger partial charge in [0.05, 0.1) is 11.3 Å². The molecule has 0 saturated heterocycles. The molecule has 9 heteroatoms. The summed E-state index contributed by atoms with van der Waals surface area (Å²) >= 11 is 6.30. The van der Waals surface area contributed by atoms with Gasteiger partial charge in [0, 0.05) is 17.3 Å². The van der Waals surface area contributed by atoms with Crippen molar-refractivity contribution in [3.63, 3.8) is 0 Å². The predicted molar refractivity (Wildman–Crippen MR) is 84.7 cm³/mol. The van der Waals surface area contributed by atoms with Crippen LogP contribution in [0.3, 0.4) is 0 Å². The number of rotatable bonds is 3. The summed E-state index contributed by atoms with van der Waals surface area (Å²) < 4.78 is 41.2. The average molecular weight is 356 g/mol. The fourth-order valence-electron chi connectivity index (χ4n) is 2.06. The zero-order chi connectivity index (χ0) is 16.6. The Morgan fingerprint density at radius 2 is 2.04 bits per heavy atom. The van der Waals surface area contributed by atoms with Crippen LogP contribution in [-0.4, -0.2) is 19.7 Å². The first-order valence-electron chi connectivity index (χ1n) is 6.56. The number of nitrogens with zero attached hydrogens (tertiary/aromatic N) is 3. The van der Waals surface area contributed by atoms with Crippen LogP contribution in [0.4, 0.5) is 13.2 Å². The van der Waals surface area contributed by atoms with E-state index in [1.165, 1.54) is 11.8 Å². The number of hydrogen-bond acceptors (Lipinski definition) is 4. The second-order valence-corrected chi connectivity index (χ2v) is 6.22. The lowest BCUT2D eigenvalue weighted by Crippen LogP contribution is -2.08. The third kappa shape index (κ3) is 3.25. The van der Waals surface area contributed by atoms with Gasteiger partial charge in [-0.1, -0.05) is 18.2 Å². The molecule has 3 rings (SSSR count). The lowest BCUT2D eigenvalue weighted by Gasteiger charge is -2.11. The average Bonchev–Trinajstić information content (AvgIpc) is 2.83. The van der Waals surface area contributed by atoms with E-state index in [9.17, 15) is 13.2 Å². The van der Waals surface area contributed by atoms with Crippen LogP contribution in [0.25, 0.3) is 10.9 Å². The quantitative estimate of drug-likeness (QED) is 0.560.